The molecule has 2 heterocycles. The first-order valence-corrected chi connectivity index (χ1v) is 7.47. The largest absolute Gasteiger partial charge is 0.349 e. The summed E-state index contributed by atoms with van der Waals surface area (Å²) in [6.45, 7) is 3.02. The van der Waals surface area contributed by atoms with Gasteiger partial charge in [0.25, 0.3) is 5.91 Å². The van der Waals surface area contributed by atoms with Gasteiger partial charge in [0.2, 0.25) is 0 Å². The maximum absolute atomic E-state index is 13.0. The van der Waals surface area contributed by atoms with Gasteiger partial charge in [-0.25, -0.2) is 4.39 Å². The van der Waals surface area contributed by atoms with E-state index in [4.69, 9.17) is 0 Å². The molecule has 3 rings (SSSR count). The van der Waals surface area contributed by atoms with Crippen LogP contribution in [0.4, 0.5) is 4.39 Å². The van der Waals surface area contributed by atoms with Crippen molar-refractivity contribution < 1.29 is 9.18 Å². The van der Waals surface area contributed by atoms with Gasteiger partial charge < -0.3 is 10.6 Å². The van der Waals surface area contributed by atoms with E-state index >= 15 is 0 Å². The van der Waals surface area contributed by atoms with Gasteiger partial charge in [-0.05, 0) is 50.6 Å². The van der Waals surface area contributed by atoms with Crippen molar-refractivity contribution in [2.45, 2.75) is 31.8 Å². The average molecular weight is 339 g/mol. The number of H-pyrrole nitrogens is 1. The standard InChI is InChI=1S/C16H19FN4O.ClH/c1-10-8-13(6-7-18-10)20-16(22)14-9-19-21-15(14)11-2-4-12(17)5-3-11;/h2-5,9-10,13,18H,6-8H2,1H3,(H,19,21)(H,20,22);1H. The number of benzene rings is 1. The van der Waals surface area contributed by atoms with E-state index < -0.39 is 0 Å². The van der Waals surface area contributed by atoms with Gasteiger partial charge in [-0.1, -0.05) is 0 Å². The summed E-state index contributed by atoms with van der Waals surface area (Å²) in [6.07, 6.45) is 3.34. The molecule has 3 N–H and O–H groups in total. The second kappa shape index (κ2) is 7.57. The fourth-order valence-corrected chi connectivity index (χ4v) is 2.82. The minimum atomic E-state index is -0.307. The van der Waals surface area contributed by atoms with E-state index in [9.17, 15) is 9.18 Å². The fourth-order valence-electron chi connectivity index (χ4n) is 2.82. The van der Waals surface area contributed by atoms with Crippen molar-refractivity contribution in [2.24, 2.45) is 0 Å². The molecule has 1 saturated heterocycles. The zero-order chi connectivity index (χ0) is 15.5. The molecule has 1 aliphatic rings. The van der Waals surface area contributed by atoms with Crippen molar-refractivity contribution >= 4 is 18.3 Å². The van der Waals surface area contributed by atoms with Crippen LogP contribution in [-0.4, -0.2) is 34.7 Å². The highest BCUT2D eigenvalue weighted by atomic mass is 35.5. The maximum atomic E-state index is 13.0. The van der Waals surface area contributed by atoms with Crippen LogP contribution in [0.1, 0.15) is 30.1 Å². The van der Waals surface area contributed by atoms with Gasteiger partial charge in [-0.2, -0.15) is 5.10 Å². The van der Waals surface area contributed by atoms with Crippen LogP contribution in [0.15, 0.2) is 30.5 Å². The highest BCUT2D eigenvalue weighted by Gasteiger charge is 2.22. The molecule has 5 nitrogen and oxygen atoms in total. The Bertz CT molecular complexity index is 658. The quantitative estimate of drug-likeness (QED) is 0.805. The van der Waals surface area contributed by atoms with Gasteiger partial charge in [-0.15, -0.1) is 12.4 Å². The fraction of sp³-hybridized carbons (Fsp3) is 0.375. The zero-order valence-corrected chi connectivity index (χ0v) is 13.6. The Hall–Kier alpha value is -1.92. The monoisotopic (exact) mass is 338 g/mol. The van der Waals surface area contributed by atoms with Gasteiger partial charge in [0.15, 0.2) is 0 Å². The molecule has 1 aliphatic heterocycles. The molecule has 0 saturated carbocycles. The lowest BCUT2D eigenvalue weighted by Crippen LogP contribution is -2.46. The Morgan fingerprint density at radius 1 is 1.35 bits per heavy atom. The third kappa shape index (κ3) is 4.09. The molecule has 1 amide bonds. The summed E-state index contributed by atoms with van der Waals surface area (Å²) >= 11 is 0. The maximum Gasteiger partial charge on any atom is 0.255 e. The Kier molecular flexibility index (Phi) is 5.74. The molecule has 1 fully saturated rings. The molecule has 0 aliphatic carbocycles. The second-order valence-electron chi connectivity index (χ2n) is 5.72. The highest BCUT2D eigenvalue weighted by Crippen LogP contribution is 2.21. The van der Waals surface area contributed by atoms with E-state index in [1.165, 1.54) is 18.3 Å². The van der Waals surface area contributed by atoms with E-state index in [0.717, 1.165) is 24.9 Å². The Balaban J connectivity index is 0.00000192. The topological polar surface area (TPSA) is 69.8 Å². The van der Waals surface area contributed by atoms with Gasteiger partial charge in [-0.3, -0.25) is 9.89 Å². The smallest absolute Gasteiger partial charge is 0.255 e. The van der Waals surface area contributed by atoms with Crippen LogP contribution in [0.2, 0.25) is 0 Å². The lowest BCUT2D eigenvalue weighted by molar-refractivity contribution is 0.0926. The third-order valence-electron chi connectivity index (χ3n) is 3.98. The van der Waals surface area contributed by atoms with Gasteiger partial charge in [0.05, 0.1) is 17.5 Å². The number of amides is 1. The number of piperidine rings is 1. The van der Waals surface area contributed by atoms with Crippen molar-refractivity contribution in [1.82, 2.24) is 20.8 Å². The zero-order valence-electron chi connectivity index (χ0n) is 12.8. The molecule has 7 heteroatoms. The predicted molar refractivity (Wildman–Crippen MR) is 89.2 cm³/mol. The average Bonchev–Trinajstić information content (AvgIpc) is 2.97. The molecule has 2 atom stereocenters. The predicted octanol–water partition coefficient (Wildman–Crippen LogP) is 2.51. The van der Waals surface area contributed by atoms with E-state index in [1.54, 1.807) is 12.1 Å². The Morgan fingerprint density at radius 3 is 2.78 bits per heavy atom. The van der Waals surface area contributed by atoms with Gasteiger partial charge in [0.1, 0.15) is 5.82 Å². The number of nitrogens with zero attached hydrogens (tertiary/aromatic N) is 1. The number of rotatable bonds is 3. The Labute approximate surface area is 140 Å². The molecule has 1 aromatic heterocycles. The number of hydrogen-bond donors (Lipinski definition) is 3. The lowest BCUT2D eigenvalue weighted by atomic mass is 10.00. The number of aromatic amines is 1. The SMILES string of the molecule is CC1CC(NC(=O)c2cn[nH]c2-c2ccc(F)cc2)CCN1.Cl. The summed E-state index contributed by atoms with van der Waals surface area (Å²) in [5.74, 6) is -0.454. The lowest BCUT2D eigenvalue weighted by Gasteiger charge is -2.28. The van der Waals surface area contributed by atoms with E-state index in [1.807, 2.05) is 0 Å². The summed E-state index contributed by atoms with van der Waals surface area (Å²) in [5.41, 5.74) is 1.83. The van der Waals surface area contributed by atoms with Crippen LogP contribution in [-0.2, 0) is 0 Å². The van der Waals surface area contributed by atoms with Crippen LogP contribution in [0.3, 0.4) is 0 Å². The van der Waals surface area contributed by atoms with Crippen molar-refractivity contribution in [3.05, 3.63) is 41.8 Å². The number of aromatic nitrogens is 2. The van der Waals surface area contributed by atoms with Crippen molar-refractivity contribution in [3.8, 4) is 11.3 Å². The van der Waals surface area contributed by atoms with Crippen LogP contribution in [0.25, 0.3) is 11.3 Å². The second-order valence-corrected chi connectivity index (χ2v) is 5.72. The number of nitrogens with one attached hydrogen (secondary N) is 3. The third-order valence-corrected chi connectivity index (χ3v) is 3.98. The molecule has 2 unspecified atom stereocenters. The highest BCUT2D eigenvalue weighted by molar-refractivity contribution is 5.99. The van der Waals surface area contributed by atoms with E-state index in [0.29, 0.717) is 17.3 Å². The molecule has 124 valence electrons. The Morgan fingerprint density at radius 2 is 2.09 bits per heavy atom. The summed E-state index contributed by atoms with van der Waals surface area (Å²) in [6, 6.07) is 6.57. The van der Waals surface area contributed by atoms with Crippen LogP contribution >= 0.6 is 12.4 Å². The van der Waals surface area contributed by atoms with Gasteiger partial charge in [0, 0.05) is 17.6 Å². The van der Waals surface area contributed by atoms with Crippen LogP contribution < -0.4 is 10.6 Å². The summed E-state index contributed by atoms with van der Waals surface area (Å²) in [5, 5.41) is 13.2. The van der Waals surface area contributed by atoms with Crippen LogP contribution in [0.5, 0.6) is 0 Å². The van der Waals surface area contributed by atoms with Gasteiger partial charge >= 0.3 is 0 Å². The first-order valence-electron chi connectivity index (χ1n) is 7.47. The summed E-state index contributed by atoms with van der Waals surface area (Å²) in [4.78, 5) is 12.5. The molecule has 23 heavy (non-hydrogen) atoms. The molecular weight excluding hydrogens is 319 g/mol. The summed E-state index contributed by atoms with van der Waals surface area (Å²) < 4.78 is 13.0. The molecular formula is C16H20ClFN4O. The molecule has 1 aromatic carbocycles. The van der Waals surface area contributed by atoms with E-state index in [2.05, 4.69) is 27.8 Å². The first-order chi connectivity index (χ1) is 10.6. The first kappa shape index (κ1) is 17.4. The van der Waals surface area contributed by atoms with E-state index in [-0.39, 0.29) is 30.2 Å². The molecule has 0 radical (unpaired) electrons. The molecule has 0 spiro atoms. The molecule has 2 aromatic rings. The molecule has 0 bridgehead atoms. The minimum absolute atomic E-state index is 0. The van der Waals surface area contributed by atoms with Crippen molar-refractivity contribution in [2.75, 3.05) is 6.54 Å². The number of carbonyl (C=O) groups excluding carboxylic acids is 1. The minimum Gasteiger partial charge on any atom is -0.349 e. The summed E-state index contributed by atoms with van der Waals surface area (Å²) in [7, 11) is 0. The number of hydrogen-bond acceptors (Lipinski definition) is 3. The number of halogens is 2. The van der Waals surface area contributed by atoms with Crippen molar-refractivity contribution in [1.29, 1.82) is 0 Å². The van der Waals surface area contributed by atoms with Crippen molar-refractivity contribution in [3.63, 3.8) is 0 Å². The van der Waals surface area contributed by atoms with Crippen LogP contribution in [0, 0.1) is 5.82 Å². The normalized spacial score (nSPS) is 20.6. The number of carbonyl (C=O) groups is 1.